The van der Waals surface area contributed by atoms with E-state index in [-0.39, 0.29) is 6.09 Å². The van der Waals surface area contributed by atoms with E-state index in [4.69, 9.17) is 4.74 Å². The highest BCUT2D eigenvalue weighted by Crippen LogP contribution is 2.29. The molecular weight excluding hydrogens is 276 g/mol. The van der Waals surface area contributed by atoms with E-state index in [1.54, 1.807) is 11.1 Å². The van der Waals surface area contributed by atoms with Gasteiger partial charge in [0.15, 0.2) is 0 Å². The summed E-state index contributed by atoms with van der Waals surface area (Å²) in [5.41, 5.74) is 4.09. The average Bonchev–Trinajstić information content (AvgIpc) is 2.89. The van der Waals surface area contributed by atoms with Crippen molar-refractivity contribution in [2.75, 3.05) is 0 Å². The summed E-state index contributed by atoms with van der Waals surface area (Å²) in [6.07, 6.45) is 3.36. The van der Waals surface area contributed by atoms with Crippen molar-refractivity contribution in [1.29, 1.82) is 0 Å². The molecule has 4 nitrogen and oxygen atoms in total. The van der Waals surface area contributed by atoms with Gasteiger partial charge in [0.25, 0.3) is 0 Å². The third-order valence-corrected chi connectivity index (χ3v) is 3.58. The molecule has 1 aromatic heterocycles. The number of hydrogen-bond acceptors (Lipinski definition) is 3. The maximum absolute atomic E-state index is 12.2. The number of amides is 1. The van der Waals surface area contributed by atoms with Crippen molar-refractivity contribution in [3.8, 4) is 11.1 Å². The molecular formula is C18H20N2O2. The van der Waals surface area contributed by atoms with Crippen LogP contribution in [0.1, 0.15) is 31.9 Å². The number of ether oxygens (including phenoxy) is 1. The Balaban J connectivity index is 1.78. The zero-order chi connectivity index (χ0) is 15.7. The van der Waals surface area contributed by atoms with Gasteiger partial charge in [-0.3, -0.25) is 9.88 Å². The lowest BCUT2D eigenvalue weighted by Crippen LogP contribution is -2.33. The van der Waals surface area contributed by atoms with Crippen LogP contribution in [0.4, 0.5) is 4.79 Å². The summed E-state index contributed by atoms with van der Waals surface area (Å²) < 4.78 is 5.44. The van der Waals surface area contributed by atoms with Crippen LogP contribution in [0.3, 0.4) is 0 Å². The van der Waals surface area contributed by atoms with Gasteiger partial charge in [-0.05, 0) is 55.2 Å². The van der Waals surface area contributed by atoms with Gasteiger partial charge in [-0.2, -0.15) is 0 Å². The highest BCUT2D eigenvalue weighted by atomic mass is 16.6. The molecule has 0 aliphatic carbocycles. The Kier molecular flexibility index (Phi) is 3.61. The van der Waals surface area contributed by atoms with Crippen LogP contribution in [0.15, 0.2) is 42.7 Å². The number of rotatable bonds is 1. The molecule has 0 fully saturated rings. The smallest absolute Gasteiger partial charge is 0.410 e. The van der Waals surface area contributed by atoms with Crippen molar-refractivity contribution in [3.05, 3.63) is 53.9 Å². The van der Waals surface area contributed by atoms with Crippen molar-refractivity contribution in [1.82, 2.24) is 9.88 Å². The third-order valence-electron chi connectivity index (χ3n) is 3.58. The fourth-order valence-electron chi connectivity index (χ4n) is 2.56. The zero-order valence-electron chi connectivity index (χ0n) is 13.2. The first-order chi connectivity index (χ1) is 10.4. The second-order valence-corrected chi connectivity index (χ2v) is 6.56. The zero-order valence-corrected chi connectivity index (χ0v) is 13.2. The van der Waals surface area contributed by atoms with Gasteiger partial charge in [0.2, 0.25) is 0 Å². The number of nitrogens with zero attached hydrogens (tertiary/aromatic N) is 2. The summed E-state index contributed by atoms with van der Waals surface area (Å²) in [4.78, 5) is 18.1. The first-order valence-electron chi connectivity index (χ1n) is 7.42. The van der Waals surface area contributed by atoms with Crippen molar-refractivity contribution in [2.45, 2.75) is 39.5 Å². The fourth-order valence-corrected chi connectivity index (χ4v) is 2.56. The largest absolute Gasteiger partial charge is 0.444 e. The Morgan fingerprint density at radius 1 is 1.14 bits per heavy atom. The molecule has 22 heavy (non-hydrogen) atoms. The second-order valence-electron chi connectivity index (χ2n) is 6.56. The predicted octanol–water partition coefficient (Wildman–Crippen LogP) is 4.00. The van der Waals surface area contributed by atoms with Crippen molar-refractivity contribution >= 4 is 6.09 Å². The molecule has 1 amide bonds. The number of hydrogen-bond donors (Lipinski definition) is 0. The molecule has 0 N–H and O–H groups in total. The summed E-state index contributed by atoms with van der Waals surface area (Å²) >= 11 is 0. The van der Waals surface area contributed by atoms with Gasteiger partial charge in [-0.15, -0.1) is 0 Å². The molecule has 0 atom stereocenters. The first-order valence-corrected chi connectivity index (χ1v) is 7.42. The van der Waals surface area contributed by atoms with Crippen LogP contribution in [0.2, 0.25) is 0 Å². The van der Waals surface area contributed by atoms with E-state index in [2.05, 4.69) is 23.2 Å². The SMILES string of the molecule is CC(C)(C)OC(=O)N1Cc2ccc(-c3cccnc3)cc2C1. The van der Waals surface area contributed by atoms with E-state index in [9.17, 15) is 4.79 Å². The van der Waals surface area contributed by atoms with Gasteiger partial charge in [0, 0.05) is 25.5 Å². The van der Waals surface area contributed by atoms with Gasteiger partial charge in [0.05, 0.1) is 0 Å². The number of aromatic nitrogens is 1. The Bertz CT molecular complexity index is 690. The van der Waals surface area contributed by atoms with E-state index in [0.717, 1.165) is 11.1 Å². The summed E-state index contributed by atoms with van der Waals surface area (Å²) in [7, 11) is 0. The predicted molar refractivity (Wildman–Crippen MR) is 85.2 cm³/mol. The van der Waals surface area contributed by atoms with Crippen molar-refractivity contribution < 1.29 is 9.53 Å². The Morgan fingerprint density at radius 2 is 1.91 bits per heavy atom. The first kappa shape index (κ1) is 14.6. The maximum atomic E-state index is 12.2. The average molecular weight is 296 g/mol. The van der Waals surface area contributed by atoms with Crippen molar-refractivity contribution in [3.63, 3.8) is 0 Å². The van der Waals surface area contributed by atoms with E-state index in [0.29, 0.717) is 13.1 Å². The minimum Gasteiger partial charge on any atom is -0.444 e. The number of carbonyl (C=O) groups excluding carboxylic acids is 1. The monoisotopic (exact) mass is 296 g/mol. The highest BCUT2D eigenvalue weighted by molar-refractivity contribution is 5.70. The highest BCUT2D eigenvalue weighted by Gasteiger charge is 2.27. The summed E-state index contributed by atoms with van der Waals surface area (Å²) in [6, 6.07) is 10.3. The Labute approximate surface area is 130 Å². The molecule has 0 spiro atoms. The van der Waals surface area contributed by atoms with E-state index in [1.165, 1.54) is 11.1 Å². The summed E-state index contributed by atoms with van der Waals surface area (Å²) in [5, 5.41) is 0. The standard InChI is InChI=1S/C18H20N2O2/c1-18(2,3)22-17(21)20-11-15-7-6-13(9-16(15)12-20)14-5-4-8-19-10-14/h4-10H,11-12H2,1-3H3. The van der Waals surface area contributed by atoms with Crippen LogP contribution in [0.5, 0.6) is 0 Å². The molecule has 1 aromatic carbocycles. The molecule has 1 aliphatic rings. The van der Waals surface area contributed by atoms with Crippen LogP contribution >= 0.6 is 0 Å². The fraction of sp³-hybridized carbons (Fsp3) is 0.333. The minimum atomic E-state index is -0.466. The molecule has 0 radical (unpaired) electrons. The second kappa shape index (κ2) is 5.44. The van der Waals surface area contributed by atoms with Crippen molar-refractivity contribution in [2.24, 2.45) is 0 Å². The Morgan fingerprint density at radius 3 is 2.59 bits per heavy atom. The quantitative estimate of drug-likeness (QED) is 0.799. The molecule has 0 unspecified atom stereocenters. The number of pyridine rings is 1. The van der Waals surface area contributed by atoms with Crippen LogP contribution in [-0.4, -0.2) is 21.6 Å². The van der Waals surface area contributed by atoms with Crippen LogP contribution < -0.4 is 0 Å². The summed E-state index contributed by atoms with van der Waals surface area (Å²) in [5.74, 6) is 0. The van der Waals surface area contributed by atoms with Gasteiger partial charge in [-0.1, -0.05) is 18.2 Å². The van der Waals surface area contributed by atoms with E-state index in [1.807, 2.05) is 39.1 Å². The molecule has 0 saturated heterocycles. The van der Waals surface area contributed by atoms with Gasteiger partial charge in [0.1, 0.15) is 5.60 Å². The molecule has 2 heterocycles. The van der Waals surface area contributed by atoms with Crippen LogP contribution in [0.25, 0.3) is 11.1 Å². The third kappa shape index (κ3) is 3.11. The van der Waals surface area contributed by atoms with Crippen LogP contribution in [-0.2, 0) is 17.8 Å². The topological polar surface area (TPSA) is 42.4 Å². The normalized spacial score (nSPS) is 13.9. The molecule has 0 saturated carbocycles. The maximum Gasteiger partial charge on any atom is 0.410 e. The number of fused-ring (bicyclic) bond motifs is 1. The van der Waals surface area contributed by atoms with Crippen LogP contribution in [0, 0.1) is 0 Å². The lowest BCUT2D eigenvalue weighted by molar-refractivity contribution is 0.0242. The minimum absolute atomic E-state index is 0.258. The molecule has 4 heteroatoms. The van der Waals surface area contributed by atoms with E-state index >= 15 is 0 Å². The van der Waals surface area contributed by atoms with Gasteiger partial charge >= 0.3 is 6.09 Å². The number of carbonyl (C=O) groups is 1. The molecule has 0 bridgehead atoms. The van der Waals surface area contributed by atoms with Gasteiger partial charge in [-0.25, -0.2) is 4.79 Å². The lowest BCUT2D eigenvalue weighted by Gasteiger charge is -2.24. The Hall–Kier alpha value is -2.36. The lowest BCUT2D eigenvalue weighted by atomic mass is 10.0. The molecule has 3 rings (SSSR count). The molecule has 114 valence electrons. The molecule has 1 aliphatic heterocycles. The van der Waals surface area contributed by atoms with Gasteiger partial charge < -0.3 is 4.74 Å². The number of benzene rings is 1. The van der Waals surface area contributed by atoms with E-state index < -0.39 is 5.60 Å². The summed E-state index contributed by atoms with van der Waals surface area (Å²) in [6.45, 7) is 6.85. The molecule has 2 aromatic rings.